The van der Waals surface area contributed by atoms with E-state index in [4.69, 9.17) is 19.6 Å². The molecule has 7 nitrogen and oxygen atoms in total. The minimum Gasteiger partial charge on any atom is -0.493 e. The van der Waals surface area contributed by atoms with Crippen LogP contribution in [0.3, 0.4) is 0 Å². The van der Waals surface area contributed by atoms with Crippen molar-refractivity contribution in [2.24, 2.45) is 0 Å². The van der Waals surface area contributed by atoms with Gasteiger partial charge in [0.2, 0.25) is 0 Å². The SMILES string of the molecule is CCCN(CCC)CCCOc1cc2ncc(N)c(Nc3ccc(Cc4ccco4)cc3)c2cc1OC. The Morgan fingerprint density at radius 1 is 1.00 bits per heavy atom. The standard InChI is InChI=1S/C30H38N4O3/c1-4-13-34(14-5-2)15-7-17-37-29-20-27-25(19-28(29)35-3)30(26(31)21-32-27)33-23-11-9-22(10-12-23)18-24-8-6-16-36-24/h6,8-12,16,19-21H,4-5,7,13-15,17-18,31H2,1-3H3,(H,32,33). The minimum atomic E-state index is 0.565. The Morgan fingerprint density at radius 2 is 1.78 bits per heavy atom. The van der Waals surface area contributed by atoms with Gasteiger partial charge in [0.25, 0.3) is 0 Å². The van der Waals surface area contributed by atoms with E-state index in [1.165, 1.54) is 18.4 Å². The van der Waals surface area contributed by atoms with Gasteiger partial charge in [-0.15, -0.1) is 0 Å². The summed E-state index contributed by atoms with van der Waals surface area (Å²) in [6.07, 6.45) is 7.42. The normalized spacial score (nSPS) is 11.2. The molecule has 0 unspecified atom stereocenters. The number of anilines is 3. The van der Waals surface area contributed by atoms with Gasteiger partial charge in [-0.05, 0) is 68.2 Å². The molecule has 196 valence electrons. The summed E-state index contributed by atoms with van der Waals surface area (Å²) in [5.41, 5.74) is 10.6. The van der Waals surface area contributed by atoms with E-state index in [0.29, 0.717) is 23.8 Å². The second-order valence-electron chi connectivity index (χ2n) is 9.23. The zero-order valence-electron chi connectivity index (χ0n) is 22.1. The molecule has 2 aromatic heterocycles. The second-order valence-corrected chi connectivity index (χ2v) is 9.23. The number of benzene rings is 2. The number of nitrogen functional groups attached to an aromatic ring is 1. The smallest absolute Gasteiger partial charge is 0.163 e. The molecule has 0 spiro atoms. The first kappa shape index (κ1) is 26.4. The molecule has 7 heteroatoms. The van der Waals surface area contributed by atoms with E-state index in [9.17, 15) is 0 Å². The maximum Gasteiger partial charge on any atom is 0.163 e. The average Bonchev–Trinajstić information content (AvgIpc) is 3.42. The number of nitrogens with one attached hydrogen (secondary N) is 1. The highest BCUT2D eigenvalue weighted by molar-refractivity contribution is 6.00. The van der Waals surface area contributed by atoms with Crippen molar-refractivity contribution < 1.29 is 13.9 Å². The van der Waals surface area contributed by atoms with Crippen molar-refractivity contribution in [2.75, 3.05) is 44.4 Å². The van der Waals surface area contributed by atoms with Crippen molar-refractivity contribution >= 4 is 28.0 Å². The van der Waals surface area contributed by atoms with Crippen LogP contribution >= 0.6 is 0 Å². The molecule has 3 N–H and O–H groups in total. The molecule has 0 radical (unpaired) electrons. The van der Waals surface area contributed by atoms with E-state index in [0.717, 1.165) is 60.5 Å². The quantitative estimate of drug-likeness (QED) is 0.187. The number of hydrogen-bond acceptors (Lipinski definition) is 7. The molecule has 0 atom stereocenters. The molecule has 0 aliphatic heterocycles. The first-order valence-electron chi connectivity index (χ1n) is 13.1. The molecule has 0 fully saturated rings. The third kappa shape index (κ3) is 6.95. The third-order valence-electron chi connectivity index (χ3n) is 6.32. The van der Waals surface area contributed by atoms with Crippen LogP contribution in [-0.2, 0) is 6.42 Å². The lowest BCUT2D eigenvalue weighted by Crippen LogP contribution is -2.27. The van der Waals surface area contributed by atoms with Crippen LogP contribution in [0.1, 0.15) is 44.4 Å². The van der Waals surface area contributed by atoms with Crippen LogP contribution < -0.4 is 20.5 Å². The Labute approximate surface area is 219 Å². The lowest BCUT2D eigenvalue weighted by molar-refractivity contribution is 0.230. The number of pyridine rings is 1. The van der Waals surface area contributed by atoms with E-state index in [2.05, 4.69) is 41.2 Å². The Kier molecular flexibility index (Phi) is 9.27. The monoisotopic (exact) mass is 502 g/mol. The summed E-state index contributed by atoms with van der Waals surface area (Å²) in [6.45, 7) is 8.35. The molecular weight excluding hydrogens is 464 g/mol. The van der Waals surface area contributed by atoms with Gasteiger partial charge in [0.05, 0.1) is 43.1 Å². The zero-order chi connectivity index (χ0) is 26.0. The molecule has 0 amide bonds. The Balaban J connectivity index is 1.48. The molecule has 2 heterocycles. The van der Waals surface area contributed by atoms with Crippen molar-refractivity contribution in [1.82, 2.24) is 9.88 Å². The van der Waals surface area contributed by atoms with Gasteiger partial charge < -0.3 is 29.8 Å². The maximum atomic E-state index is 6.35. The van der Waals surface area contributed by atoms with Crippen LogP contribution in [0.5, 0.6) is 11.5 Å². The predicted molar refractivity (Wildman–Crippen MR) is 151 cm³/mol. The average molecular weight is 503 g/mol. The van der Waals surface area contributed by atoms with E-state index in [1.807, 2.05) is 36.4 Å². The van der Waals surface area contributed by atoms with Crippen molar-refractivity contribution in [3.05, 3.63) is 72.3 Å². The summed E-state index contributed by atoms with van der Waals surface area (Å²) in [6, 6.07) is 16.0. The van der Waals surface area contributed by atoms with Gasteiger partial charge in [0, 0.05) is 30.1 Å². The number of nitrogens with two attached hydrogens (primary N) is 1. The fourth-order valence-electron chi connectivity index (χ4n) is 4.53. The van der Waals surface area contributed by atoms with E-state index in [-0.39, 0.29) is 0 Å². The molecular formula is C30H38N4O3. The summed E-state index contributed by atoms with van der Waals surface area (Å²) < 4.78 is 17.3. The van der Waals surface area contributed by atoms with Gasteiger partial charge in [-0.2, -0.15) is 0 Å². The van der Waals surface area contributed by atoms with Gasteiger partial charge in [-0.1, -0.05) is 26.0 Å². The number of furan rings is 1. The lowest BCUT2D eigenvalue weighted by Gasteiger charge is -2.21. The van der Waals surface area contributed by atoms with Crippen LogP contribution in [0.25, 0.3) is 10.9 Å². The van der Waals surface area contributed by atoms with Gasteiger partial charge in [0.15, 0.2) is 11.5 Å². The number of methoxy groups -OCH3 is 1. The van der Waals surface area contributed by atoms with Crippen LogP contribution in [0.2, 0.25) is 0 Å². The Morgan fingerprint density at radius 3 is 2.46 bits per heavy atom. The number of nitrogens with zero attached hydrogens (tertiary/aromatic N) is 2. The molecule has 4 aromatic rings. The highest BCUT2D eigenvalue weighted by Gasteiger charge is 2.14. The summed E-state index contributed by atoms with van der Waals surface area (Å²) >= 11 is 0. The number of aromatic nitrogens is 1. The van der Waals surface area contributed by atoms with Crippen LogP contribution in [0, 0.1) is 0 Å². The van der Waals surface area contributed by atoms with Gasteiger partial charge >= 0.3 is 0 Å². The van der Waals surface area contributed by atoms with Crippen LogP contribution in [-0.4, -0.2) is 43.2 Å². The molecule has 0 saturated heterocycles. The summed E-state index contributed by atoms with van der Waals surface area (Å²) in [5.74, 6) is 2.29. The summed E-state index contributed by atoms with van der Waals surface area (Å²) in [7, 11) is 1.66. The van der Waals surface area contributed by atoms with Crippen LogP contribution in [0.4, 0.5) is 17.1 Å². The van der Waals surface area contributed by atoms with Gasteiger partial charge in [0.1, 0.15) is 5.76 Å². The third-order valence-corrected chi connectivity index (χ3v) is 6.32. The molecule has 0 aliphatic carbocycles. The van der Waals surface area contributed by atoms with Gasteiger partial charge in [-0.25, -0.2) is 0 Å². The van der Waals surface area contributed by atoms with E-state index < -0.39 is 0 Å². The van der Waals surface area contributed by atoms with Gasteiger partial charge in [-0.3, -0.25) is 4.98 Å². The fraction of sp³-hybridized carbons (Fsp3) is 0.367. The largest absolute Gasteiger partial charge is 0.493 e. The number of fused-ring (bicyclic) bond motifs is 1. The predicted octanol–water partition coefficient (Wildman–Crippen LogP) is 6.64. The summed E-state index contributed by atoms with van der Waals surface area (Å²) in [4.78, 5) is 7.05. The first-order chi connectivity index (χ1) is 18.1. The fourth-order valence-corrected chi connectivity index (χ4v) is 4.53. The molecule has 0 bridgehead atoms. The van der Waals surface area contributed by atoms with E-state index in [1.54, 1.807) is 19.6 Å². The molecule has 37 heavy (non-hydrogen) atoms. The second kappa shape index (κ2) is 13.0. The molecule has 2 aromatic carbocycles. The first-order valence-corrected chi connectivity index (χ1v) is 13.1. The number of hydrogen-bond donors (Lipinski definition) is 2. The molecule has 0 saturated carbocycles. The highest BCUT2D eigenvalue weighted by atomic mass is 16.5. The highest BCUT2D eigenvalue weighted by Crippen LogP contribution is 2.38. The van der Waals surface area contributed by atoms with Crippen molar-refractivity contribution in [3.63, 3.8) is 0 Å². The Bertz CT molecular complexity index is 1250. The van der Waals surface area contributed by atoms with Crippen molar-refractivity contribution in [1.29, 1.82) is 0 Å². The summed E-state index contributed by atoms with van der Waals surface area (Å²) in [5, 5.41) is 4.35. The molecule has 0 aliphatic rings. The maximum absolute atomic E-state index is 6.35. The zero-order valence-corrected chi connectivity index (χ0v) is 22.1. The topological polar surface area (TPSA) is 85.8 Å². The molecule has 4 rings (SSSR count). The Hall–Kier alpha value is -3.71. The number of rotatable bonds is 14. The lowest BCUT2D eigenvalue weighted by atomic mass is 10.1. The minimum absolute atomic E-state index is 0.565. The van der Waals surface area contributed by atoms with Crippen molar-refractivity contribution in [2.45, 2.75) is 39.5 Å². The van der Waals surface area contributed by atoms with Crippen molar-refractivity contribution in [3.8, 4) is 11.5 Å². The van der Waals surface area contributed by atoms with Crippen LogP contribution in [0.15, 0.2) is 65.4 Å². The van der Waals surface area contributed by atoms with E-state index >= 15 is 0 Å². The number of ether oxygens (including phenoxy) is 2.